The minimum atomic E-state index is -0.0710. The van der Waals surface area contributed by atoms with Crippen LogP contribution in [-0.4, -0.2) is 71.1 Å². The van der Waals surface area contributed by atoms with E-state index in [0.29, 0.717) is 5.92 Å². The van der Waals surface area contributed by atoms with Gasteiger partial charge in [0.05, 0.1) is 30.3 Å². The number of aromatic nitrogens is 2. The molecule has 3 heterocycles. The fraction of sp³-hybridized carbons (Fsp3) is 0.579. The molecule has 1 amide bonds. The van der Waals surface area contributed by atoms with Crippen LogP contribution in [-0.2, 0) is 9.53 Å². The fourth-order valence-electron chi connectivity index (χ4n) is 3.95. The van der Waals surface area contributed by atoms with Gasteiger partial charge in [0.2, 0.25) is 5.91 Å². The molecular weight excluding hydrogens is 316 g/mol. The van der Waals surface area contributed by atoms with Crippen molar-refractivity contribution < 1.29 is 9.53 Å². The predicted octanol–water partition coefficient (Wildman–Crippen LogP) is 1.99. The lowest BCUT2D eigenvalue weighted by molar-refractivity contribution is -0.139. The number of para-hydroxylation sites is 2. The molecule has 25 heavy (non-hydrogen) atoms. The average Bonchev–Trinajstić information content (AvgIpc) is 3.12. The fourth-order valence-corrected chi connectivity index (χ4v) is 3.95. The molecule has 134 valence electrons. The number of likely N-dealkylation sites (tertiary alicyclic amines) is 1. The highest BCUT2D eigenvalue weighted by atomic mass is 16.5. The van der Waals surface area contributed by atoms with E-state index in [1.54, 1.807) is 0 Å². The molecule has 0 aliphatic carbocycles. The number of hydrogen-bond acceptors (Lipinski definition) is 4. The molecule has 2 aliphatic rings. The standard InChI is InChI=1S/C19H26N4O2/c1-14(22-9-11-25-12-10-22)19(24)23-8-4-5-15(13-23)18-20-16-6-2-3-7-17(16)21-18/h2-3,6-7,14-15H,4-5,8-13H2,1H3,(H,20,21). The number of imidazole rings is 1. The van der Waals surface area contributed by atoms with E-state index in [-0.39, 0.29) is 11.9 Å². The first kappa shape index (κ1) is 16.5. The Bertz CT molecular complexity index is 705. The first-order chi connectivity index (χ1) is 12.2. The van der Waals surface area contributed by atoms with Gasteiger partial charge in [0.15, 0.2) is 0 Å². The Morgan fingerprint density at radius 2 is 2.08 bits per heavy atom. The normalized spacial score (nSPS) is 23.7. The van der Waals surface area contributed by atoms with E-state index in [4.69, 9.17) is 9.72 Å². The summed E-state index contributed by atoms with van der Waals surface area (Å²) >= 11 is 0. The van der Waals surface area contributed by atoms with Gasteiger partial charge in [0.1, 0.15) is 5.82 Å². The van der Waals surface area contributed by atoms with Gasteiger partial charge in [0, 0.05) is 32.1 Å². The lowest BCUT2D eigenvalue weighted by Gasteiger charge is -2.37. The molecule has 0 radical (unpaired) electrons. The molecule has 4 rings (SSSR count). The lowest BCUT2D eigenvalue weighted by Crippen LogP contribution is -2.52. The predicted molar refractivity (Wildman–Crippen MR) is 96.5 cm³/mol. The number of piperidine rings is 1. The first-order valence-electron chi connectivity index (χ1n) is 9.27. The van der Waals surface area contributed by atoms with Gasteiger partial charge in [-0.15, -0.1) is 0 Å². The molecule has 1 aromatic heterocycles. The van der Waals surface area contributed by atoms with Gasteiger partial charge in [-0.1, -0.05) is 12.1 Å². The largest absolute Gasteiger partial charge is 0.379 e. The smallest absolute Gasteiger partial charge is 0.239 e. The number of rotatable bonds is 3. The Balaban J connectivity index is 1.45. The van der Waals surface area contributed by atoms with Crippen LogP contribution in [0.5, 0.6) is 0 Å². The Hall–Kier alpha value is -1.92. The summed E-state index contributed by atoms with van der Waals surface area (Å²) in [5.74, 6) is 1.54. The highest BCUT2D eigenvalue weighted by Gasteiger charge is 2.31. The maximum atomic E-state index is 13.0. The van der Waals surface area contributed by atoms with Crippen LogP contribution in [0.4, 0.5) is 0 Å². The van der Waals surface area contributed by atoms with Crippen molar-refractivity contribution in [1.29, 1.82) is 0 Å². The number of nitrogens with zero attached hydrogens (tertiary/aromatic N) is 3. The summed E-state index contributed by atoms with van der Waals surface area (Å²) in [5, 5.41) is 0. The number of morpholine rings is 1. The third-order valence-corrected chi connectivity index (χ3v) is 5.48. The molecule has 2 aliphatic heterocycles. The van der Waals surface area contributed by atoms with Crippen LogP contribution in [0.2, 0.25) is 0 Å². The van der Waals surface area contributed by atoms with Crippen LogP contribution in [0.25, 0.3) is 11.0 Å². The van der Waals surface area contributed by atoms with E-state index in [0.717, 1.165) is 69.1 Å². The van der Waals surface area contributed by atoms with Gasteiger partial charge in [-0.05, 0) is 31.9 Å². The van der Waals surface area contributed by atoms with Crippen LogP contribution in [0, 0.1) is 0 Å². The van der Waals surface area contributed by atoms with E-state index in [9.17, 15) is 4.79 Å². The number of H-pyrrole nitrogens is 1. The Morgan fingerprint density at radius 1 is 1.28 bits per heavy atom. The number of amides is 1. The summed E-state index contributed by atoms with van der Waals surface area (Å²) in [5.41, 5.74) is 2.07. The molecule has 2 saturated heterocycles. The zero-order valence-electron chi connectivity index (χ0n) is 14.8. The summed E-state index contributed by atoms with van der Waals surface area (Å²) in [6.07, 6.45) is 2.11. The molecule has 6 heteroatoms. The SMILES string of the molecule is CC(C(=O)N1CCCC(c2nc3ccccc3[nH]2)C1)N1CCOCC1. The van der Waals surface area contributed by atoms with Crippen molar-refractivity contribution in [3.8, 4) is 0 Å². The van der Waals surface area contributed by atoms with Gasteiger partial charge in [0.25, 0.3) is 0 Å². The molecule has 2 fully saturated rings. The highest BCUT2D eigenvalue weighted by Crippen LogP contribution is 2.27. The van der Waals surface area contributed by atoms with Crippen LogP contribution < -0.4 is 0 Å². The van der Waals surface area contributed by atoms with E-state index in [1.807, 2.05) is 30.0 Å². The highest BCUT2D eigenvalue weighted by molar-refractivity contribution is 5.81. The van der Waals surface area contributed by atoms with Crippen molar-refractivity contribution in [3.05, 3.63) is 30.1 Å². The van der Waals surface area contributed by atoms with Crippen molar-refractivity contribution in [2.75, 3.05) is 39.4 Å². The average molecular weight is 342 g/mol. The zero-order valence-corrected chi connectivity index (χ0v) is 14.8. The van der Waals surface area contributed by atoms with Crippen molar-refractivity contribution >= 4 is 16.9 Å². The number of carbonyl (C=O) groups excluding carboxylic acids is 1. The third-order valence-electron chi connectivity index (χ3n) is 5.48. The van der Waals surface area contributed by atoms with Crippen molar-refractivity contribution in [2.45, 2.75) is 31.7 Å². The molecule has 1 aromatic carbocycles. The third kappa shape index (κ3) is 3.41. The number of nitrogens with one attached hydrogen (secondary N) is 1. The molecular formula is C19H26N4O2. The number of ether oxygens (including phenoxy) is 1. The van der Waals surface area contributed by atoms with Gasteiger partial charge in [-0.2, -0.15) is 0 Å². The van der Waals surface area contributed by atoms with Gasteiger partial charge in [-0.25, -0.2) is 4.98 Å². The second-order valence-corrected chi connectivity index (χ2v) is 7.09. The molecule has 2 unspecified atom stereocenters. The van der Waals surface area contributed by atoms with Gasteiger partial charge in [-0.3, -0.25) is 9.69 Å². The Labute approximate surface area is 148 Å². The quantitative estimate of drug-likeness (QED) is 0.927. The molecule has 1 N–H and O–H groups in total. The van der Waals surface area contributed by atoms with Crippen LogP contribution >= 0.6 is 0 Å². The Kier molecular flexibility index (Phi) is 4.72. The molecule has 0 spiro atoms. The first-order valence-corrected chi connectivity index (χ1v) is 9.27. The lowest BCUT2D eigenvalue weighted by atomic mass is 9.96. The van der Waals surface area contributed by atoms with E-state index >= 15 is 0 Å². The number of carbonyl (C=O) groups is 1. The zero-order chi connectivity index (χ0) is 17.2. The summed E-state index contributed by atoms with van der Waals surface area (Å²) < 4.78 is 5.40. The minimum Gasteiger partial charge on any atom is -0.379 e. The monoisotopic (exact) mass is 342 g/mol. The molecule has 0 bridgehead atoms. The van der Waals surface area contributed by atoms with Crippen molar-refractivity contribution in [2.24, 2.45) is 0 Å². The number of aromatic amines is 1. The topological polar surface area (TPSA) is 61.5 Å². The summed E-state index contributed by atoms with van der Waals surface area (Å²) in [4.78, 5) is 25.4. The second-order valence-electron chi connectivity index (χ2n) is 7.09. The van der Waals surface area contributed by atoms with Crippen molar-refractivity contribution in [3.63, 3.8) is 0 Å². The number of benzene rings is 1. The van der Waals surface area contributed by atoms with Crippen LogP contribution in [0.1, 0.15) is 31.5 Å². The summed E-state index contributed by atoms with van der Waals surface area (Å²) in [6.45, 7) is 6.76. The minimum absolute atomic E-state index is 0.0710. The molecule has 6 nitrogen and oxygen atoms in total. The van der Waals surface area contributed by atoms with Gasteiger partial charge < -0.3 is 14.6 Å². The molecule has 2 aromatic rings. The van der Waals surface area contributed by atoms with E-state index in [1.165, 1.54) is 0 Å². The van der Waals surface area contributed by atoms with Crippen molar-refractivity contribution in [1.82, 2.24) is 19.8 Å². The maximum absolute atomic E-state index is 13.0. The van der Waals surface area contributed by atoms with E-state index in [2.05, 4.69) is 16.0 Å². The van der Waals surface area contributed by atoms with Gasteiger partial charge >= 0.3 is 0 Å². The van der Waals surface area contributed by atoms with E-state index < -0.39 is 0 Å². The summed E-state index contributed by atoms with van der Waals surface area (Å²) in [6, 6.07) is 8.04. The number of hydrogen-bond donors (Lipinski definition) is 1. The van der Waals surface area contributed by atoms with Crippen LogP contribution in [0.15, 0.2) is 24.3 Å². The number of fused-ring (bicyclic) bond motifs is 1. The van der Waals surface area contributed by atoms with Crippen LogP contribution in [0.3, 0.4) is 0 Å². The Morgan fingerprint density at radius 3 is 2.88 bits per heavy atom. The second kappa shape index (κ2) is 7.14. The maximum Gasteiger partial charge on any atom is 0.239 e. The molecule has 0 saturated carbocycles. The molecule has 2 atom stereocenters. The summed E-state index contributed by atoms with van der Waals surface area (Å²) in [7, 11) is 0.